The number of nitrogens with one attached hydrogen (secondary N) is 1. The van der Waals surface area contributed by atoms with Crippen LogP contribution in [0.1, 0.15) is 58.5 Å². The molecule has 0 spiro atoms. The van der Waals surface area contributed by atoms with Crippen LogP contribution in [-0.4, -0.2) is 51.0 Å². The van der Waals surface area contributed by atoms with Gasteiger partial charge in [0.2, 0.25) is 0 Å². The van der Waals surface area contributed by atoms with Gasteiger partial charge in [0, 0.05) is 24.3 Å². The first-order valence-electron chi connectivity index (χ1n) is 11.0. The number of hydrogen-bond donors (Lipinski definition) is 3. The molecule has 1 unspecified atom stereocenters. The fourth-order valence-electron chi connectivity index (χ4n) is 4.45. The Morgan fingerprint density at radius 3 is 2.75 bits per heavy atom. The number of aromatic amines is 1. The monoisotopic (exact) mass is 435 g/mol. The molecule has 1 aromatic heterocycles. The van der Waals surface area contributed by atoms with E-state index in [4.69, 9.17) is 4.74 Å². The molecular weight excluding hydrogens is 406 g/mol. The van der Waals surface area contributed by atoms with Crippen molar-refractivity contribution in [2.24, 2.45) is 0 Å². The smallest absolute Gasteiger partial charge is 0.273 e. The van der Waals surface area contributed by atoms with Crippen LogP contribution in [0.5, 0.6) is 11.5 Å². The molecule has 0 aliphatic carbocycles. The summed E-state index contributed by atoms with van der Waals surface area (Å²) >= 11 is 0. The Morgan fingerprint density at radius 2 is 2.03 bits per heavy atom. The van der Waals surface area contributed by atoms with Gasteiger partial charge in [0.15, 0.2) is 0 Å². The van der Waals surface area contributed by atoms with Gasteiger partial charge < -0.3 is 19.8 Å². The lowest BCUT2D eigenvalue weighted by Crippen LogP contribution is -2.31. The topological polar surface area (TPSA) is 98.7 Å². The number of amides is 1. The molecule has 0 saturated carbocycles. The Bertz CT molecular complexity index is 1110. The van der Waals surface area contributed by atoms with E-state index in [1.807, 2.05) is 44.2 Å². The zero-order valence-corrected chi connectivity index (χ0v) is 18.7. The fourth-order valence-corrected chi connectivity index (χ4v) is 4.45. The summed E-state index contributed by atoms with van der Waals surface area (Å²) in [6, 6.07) is 11.0. The number of hydrogen-bond acceptors (Lipinski definition) is 5. The first-order valence-corrected chi connectivity index (χ1v) is 11.0. The van der Waals surface area contributed by atoms with Crippen molar-refractivity contribution in [3.63, 3.8) is 0 Å². The summed E-state index contributed by atoms with van der Waals surface area (Å²) in [6.45, 7) is 6.91. The van der Waals surface area contributed by atoms with Gasteiger partial charge in [-0.1, -0.05) is 25.1 Å². The molecule has 0 saturated heterocycles. The molecule has 3 aromatic rings. The highest BCUT2D eigenvalue weighted by molar-refractivity contribution is 6.00. The molecule has 2 heterocycles. The Kier molecular flexibility index (Phi) is 6.19. The third kappa shape index (κ3) is 3.84. The quantitative estimate of drug-likeness (QED) is 0.494. The summed E-state index contributed by atoms with van der Waals surface area (Å²) in [7, 11) is 0. The third-order valence-corrected chi connectivity index (χ3v) is 5.76. The van der Waals surface area contributed by atoms with Gasteiger partial charge in [-0.25, -0.2) is 0 Å². The van der Waals surface area contributed by atoms with Gasteiger partial charge in [-0.05, 0) is 61.6 Å². The van der Waals surface area contributed by atoms with E-state index in [9.17, 15) is 15.0 Å². The number of aromatic hydroxyl groups is 1. The van der Waals surface area contributed by atoms with Gasteiger partial charge in [0.05, 0.1) is 12.6 Å². The molecule has 0 radical (unpaired) electrons. The average molecular weight is 436 g/mol. The molecule has 168 valence electrons. The Labute approximate surface area is 187 Å². The molecule has 7 heteroatoms. The van der Waals surface area contributed by atoms with Crippen LogP contribution >= 0.6 is 0 Å². The highest BCUT2D eigenvalue weighted by Crippen LogP contribution is 2.46. The second kappa shape index (κ2) is 9.04. The van der Waals surface area contributed by atoms with Crippen LogP contribution < -0.4 is 4.74 Å². The summed E-state index contributed by atoms with van der Waals surface area (Å²) < 4.78 is 5.83. The summed E-state index contributed by atoms with van der Waals surface area (Å²) in [5.41, 5.74) is 5.08. The Balaban J connectivity index is 1.87. The van der Waals surface area contributed by atoms with Crippen LogP contribution in [0, 0.1) is 13.8 Å². The second-order valence-corrected chi connectivity index (χ2v) is 8.24. The summed E-state index contributed by atoms with van der Waals surface area (Å²) in [5.74, 6) is 0.713. The molecule has 3 N–H and O–H groups in total. The van der Waals surface area contributed by atoms with E-state index in [0.29, 0.717) is 36.5 Å². The minimum absolute atomic E-state index is 0.00689. The number of aliphatic hydroxyl groups excluding tert-OH is 1. The van der Waals surface area contributed by atoms with Crippen LogP contribution in [0.3, 0.4) is 0 Å². The number of H-pyrrole nitrogens is 1. The molecule has 7 nitrogen and oxygen atoms in total. The van der Waals surface area contributed by atoms with E-state index < -0.39 is 6.04 Å². The zero-order valence-electron chi connectivity index (χ0n) is 18.7. The van der Waals surface area contributed by atoms with E-state index in [2.05, 4.69) is 17.1 Å². The van der Waals surface area contributed by atoms with Crippen molar-refractivity contribution in [1.82, 2.24) is 15.1 Å². The van der Waals surface area contributed by atoms with Crippen LogP contribution in [0.4, 0.5) is 0 Å². The number of aliphatic hydroxyl groups is 1. The number of aromatic nitrogens is 2. The van der Waals surface area contributed by atoms with Gasteiger partial charge >= 0.3 is 0 Å². The number of phenolic OH excluding ortho intramolecular Hbond substituents is 1. The molecule has 4 rings (SSSR count). The number of benzene rings is 2. The number of phenols is 1. The molecule has 2 aromatic carbocycles. The van der Waals surface area contributed by atoms with Gasteiger partial charge in [0.25, 0.3) is 5.91 Å². The Morgan fingerprint density at radius 1 is 1.22 bits per heavy atom. The number of carbonyl (C=O) groups is 1. The zero-order chi connectivity index (χ0) is 22.8. The van der Waals surface area contributed by atoms with Gasteiger partial charge in [0.1, 0.15) is 22.9 Å². The standard InChI is InChI=1S/C25H29N3O4/c1-4-11-32-18-8-5-7-17(14-18)24-21-22(20-16(3)12-15(2)13-19(20)30)26-27-23(21)25(31)28(24)9-6-10-29/h5,7-8,12-14,24,29-30H,4,6,9-11H2,1-3H3,(H,26,27). The van der Waals surface area contributed by atoms with E-state index in [1.165, 1.54) is 0 Å². The molecule has 1 aliphatic heterocycles. The highest BCUT2D eigenvalue weighted by atomic mass is 16.5. The van der Waals surface area contributed by atoms with E-state index in [-0.39, 0.29) is 18.3 Å². The number of nitrogens with zero attached hydrogens (tertiary/aromatic N) is 2. The number of ether oxygens (including phenoxy) is 1. The predicted octanol–water partition coefficient (Wildman–Crippen LogP) is 4.12. The van der Waals surface area contributed by atoms with Crippen molar-refractivity contribution in [2.45, 2.75) is 39.7 Å². The minimum atomic E-state index is -0.400. The summed E-state index contributed by atoms with van der Waals surface area (Å²) in [5, 5.41) is 27.5. The van der Waals surface area contributed by atoms with E-state index in [1.54, 1.807) is 11.0 Å². The highest BCUT2D eigenvalue weighted by Gasteiger charge is 2.42. The van der Waals surface area contributed by atoms with Crippen LogP contribution in [-0.2, 0) is 0 Å². The molecule has 32 heavy (non-hydrogen) atoms. The average Bonchev–Trinajstić information content (AvgIpc) is 3.29. The number of rotatable bonds is 8. The minimum Gasteiger partial charge on any atom is -0.507 e. The van der Waals surface area contributed by atoms with E-state index >= 15 is 0 Å². The third-order valence-electron chi connectivity index (χ3n) is 5.76. The maximum Gasteiger partial charge on any atom is 0.273 e. The van der Waals surface area contributed by atoms with Gasteiger partial charge in [-0.2, -0.15) is 5.10 Å². The van der Waals surface area contributed by atoms with Crippen LogP contribution in [0.25, 0.3) is 11.3 Å². The normalized spacial score (nSPS) is 15.3. The van der Waals surface area contributed by atoms with Crippen molar-refractivity contribution in [1.29, 1.82) is 0 Å². The summed E-state index contributed by atoms with van der Waals surface area (Å²) in [4.78, 5) is 15.0. The molecule has 1 amide bonds. The maximum absolute atomic E-state index is 13.3. The van der Waals surface area contributed by atoms with Crippen LogP contribution in [0.15, 0.2) is 36.4 Å². The lowest BCUT2D eigenvalue weighted by atomic mass is 9.93. The number of fused-ring (bicyclic) bond motifs is 1. The molecule has 0 fully saturated rings. The molecular formula is C25H29N3O4. The van der Waals surface area contributed by atoms with Crippen molar-refractivity contribution >= 4 is 5.91 Å². The SMILES string of the molecule is CCCOc1cccc(C2c3c(-c4c(C)cc(C)cc4O)n[nH]c3C(=O)N2CCCO)c1. The fraction of sp³-hybridized carbons (Fsp3) is 0.360. The predicted molar refractivity (Wildman–Crippen MR) is 122 cm³/mol. The first-order chi connectivity index (χ1) is 15.5. The van der Waals surface area contributed by atoms with E-state index in [0.717, 1.165) is 34.4 Å². The van der Waals surface area contributed by atoms with Crippen molar-refractivity contribution in [2.75, 3.05) is 19.8 Å². The Hall–Kier alpha value is -3.32. The first kappa shape index (κ1) is 21.9. The number of carbonyl (C=O) groups excluding carboxylic acids is 1. The maximum atomic E-state index is 13.3. The van der Waals surface area contributed by atoms with Crippen molar-refractivity contribution < 1.29 is 19.7 Å². The summed E-state index contributed by atoms with van der Waals surface area (Å²) in [6.07, 6.45) is 1.37. The van der Waals surface area contributed by atoms with Crippen molar-refractivity contribution in [3.8, 4) is 22.8 Å². The van der Waals surface area contributed by atoms with Gasteiger partial charge in [-0.3, -0.25) is 9.89 Å². The molecule has 0 bridgehead atoms. The second-order valence-electron chi connectivity index (χ2n) is 8.24. The lowest BCUT2D eigenvalue weighted by Gasteiger charge is -2.26. The van der Waals surface area contributed by atoms with Gasteiger partial charge in [-0.15, -0.1) is 0 Å². The molecule has 1 atom stereocenters. The van der Waals surface area contributed by atoms with Crippen molar-refractivity contribution in [3.05, 3.63) is 64.3 Å². The van der Waals surface area contributed by atoms with Crippen LogP contribution in [0.2, 0.25) is 0 Å². The lowest BCUT2D eigenvalue weighted by molar-refractivity contribution is 0.0732. The largest absolute Gasteiger partial charge is 0.507 e. The number of aryl methyl sites for hydroxylation is 2. The molecule has 1 aliphatic rings.